The molecule has 1 saturated heterocycles. The van der Waals surface area contributed by atoms with Gasteiger partial charge in [0.2, 0.25) is 0 Å². The zero-order valence-electron chi connectivity index (χ0n) is 15.6. The number of likely N-dealkylation sites (N-methyl/N-ethyl adjacent to an activating group) is 1. The summed E-state index contributed by atoms with van der Waals surface area (Å²) in [5.41, 5.74) is 4.04. The molecule has 4 heteroatoms. The number of rotatable bonds is 6. The van der Waals surface area contributed by atoms with E-state index in [9.17, 15) is 0 Å². The van der Waals surface area contributed by atoms with Crippen molar-refractivity contribution in [1.29, 1.82) is 0 Å². The van der Waals surface area contributed by atoms with Crippen LogP contribution in [0.2, 0.25) is 0 Å². The molecule has 0 amide bonds. The first-order valence-electron chi connectivity index (χ1n) is 9.66. The van der Waals surface area contributed by atoms with E-state index in [0.717, 1.165) is 13.0 Å². The number of hydrogen-bond donors (Lipinski definition) is 0. The van der Waals surface area contributed by atoms with Crippen molar-refractivity contribution in [2.75, 3.05) is 39.8 Å². The van der Waals surface area contributed by atoms with Crippen molar-refractivity contribution in [1.82, 2.24) is 19.4 Å². The third kappa shape index (κ3) is 3.97. The van der Waals surface area contributed by atoms with Crippen LogP contribution in [-0.4, -0.2) is 59.1 Å². The standard InChI is InChI=1S/C22H28N4/c1-24-12-14-25(15-13-24)11-5-7-20-18-26(17-19-6-4-10-23-16-19)22-9-3-2-8-21(20)22/h2-4,6,8-10,16,18H,5,7,11-15,17H2,1H3. The van der Waals surface area contributed by atoms with E-state index >= 15 is 0 Å². The molecule has 136 valence electrons. The lowest BCUT2D eigenvalue weighted by Gasteiger charge is -2.32. The summed E-state index contributed by atoms with van der Waals surface area (Å²) in [6.07, 6.45) is 8.52. The highest BCUT2D eigenvalue weighted by atomic mass is 15.2. The molecule has 0 atom stereocenters. The van der Waals surface area contributed by atoms with Gasteiger partial charge in [0, 0.05) is 62.2 Å². The zero-order chi connectivity index (χ0) is 17.8. The van der Waals surface area contributed by atoms with Gasteiger partial charge in [0.05, 0.1) is 0 Å². The molecular weight excluding hydrogens is 320 g/mol. The van der Waals surface area contributed by atoms with Gasteiger partial charge in [-0.2, -0.15) is 0 Å². The lowest BCUT2D eigenvalue weighted by molar-refractivity contribution is 0.153. The Bertz CT molecular complexity index is 832. The first kappa shape index (κ1) is 17.3. The molecule has 1 aromatic carbocycles. The fraction of sp³-hybridized carbons (Fsp3) is 0.409. The van der Waals surface area contributed by atoms with Gasteiger partial charge in [-0.25, -0.2) is 0 Å². The monoisotopic (exact) mass is 348 g/mol. The fourth-order valence-corrected chi connectivity index (χ4v) is 3.91. The van der Waals surface area contributed by atoms with Gasteiger partial charge < -0.3 is 14.4 Å². The van der Waals surface area contributed by atoms with E-state index in [-0.39, 0.29) is 0 Å². The van der Waals surface area contributed by atoms with Gasteiger partial charge in [-0.1, -0.05) is 24.3 Å². The number of benzene rings is 1. The summed E-state index contributed by atoms with van der Waals surface area (Å²) >= 11 is 0. The summed E-state index contributed by atoms with van der Waals surface area (Å²) in [5.74, 6) is 0. The van der Waals surface area contributed by atoms with Crippen LogP contribution in [0.15, 0.2) is 55.0 Å². The van der Waals surface area contributed by atoms with Gasteiger partial charge in [0.15, 0.2) is 0 Å². The minimum atomic E-state index is 0.882. The summed E-state index contributed by atoms with van der Waals surface area (Å²) < 4.78 is 2.37. The Kier molecular flexibility index (Phi) is 5.32. The maximum absolute atomic E-state index is 4.25. The first-order chi connectivity index (χ1) is 12.8. The van der Waals surface area contributed by atoms with Gasteiger partial charge in [-0.3, -0.25) is 4.98 Å². The van der Waals surface area contributed by atoms with Gasteiger partial charge in [-0.15, -0.1) is 0 Å². The number of fused-ring (bicyclic) bond motifs is 1. The smallest absolute Gasteiger partial charge is 0.0491 e. The summed E-state index contributed by atoms with van der Waals surface area (Å²) in [4.78, 5) is 9.28. The molecule has 0 radical (unpaired) electrons. The van der Waals surface area contributed by atoms with Crippen molar-refractivity contribution in [2.24, 2.45) is 0 Å². The highest BCUT2D eigenvalue weighted by molar-refractivity contribution is 5.84. The predicted molar refractivity (Wildman–Crippen MR) is 108 cm³/mol. The van der Waals surface area contributed by atoms with E-state index in [4.69, 9.17) is 0 Å². The third-order valence-electron chi connectivity index (χ3n) is 5.46. The van der Waals surface area contributed by atoms with Crippen LogP contribution < -0.4 is 0 Å². The van der Waals surface area contributed by atoms with Gasteiger partial charge in [-0.05, 0) is 49.7 Å². The summed E-state index contributed by atoms with van der Waals surface area (Å²) in [6, 6.07) is 12.9. The van der Waals surface area contributed by atoms with E-state index in [1.165, 1.54) is 61.2 Å². The SMILES string of the molecule is CN1CCN(CCCc2cn(Cc3cccnc3)c3ccccc23)CC1. The Hall–Kier alpha value is -2.17. The number of pyridine rings is 1. The van der Waals surface area contributed by atoms with Gasteiger partial charge >= 0.3 is 0 Å². The Balaban J connectivity index is 1.45. The maximum atomic E-state index is 4.25. The minimum Gasteiger partial charge on any atom is -0.343 e. The Labute approximate surface area is 156 Å². The molecule has 0 N–H and O–H groups in total. The Morgan fingerprint density at radius 3 is 2.65 bits per heavy atom. The van der Waals surface area contributed by atoms with Crippen LogP contribution in [0.4, 0.5) is 0 Å². The topological polar surface area (TPSA) is 24.3 Å². The number of piperazine rings is 1. The van der Waals surface area contributed by atoms with Crippen molar-refractivity contribution in [3.05, 3.63) is 66.1 Å². The number of hydrogen-bond acceptors (Lipinski definition) is 3. The molecule has 0 bridgehead atoms. The molecule has 4 nitrogen and oxygen atoms in total. The molecule has 1 aliphatic heterocycles. The Morgan fingerprint density at radius 1 is 1.00 bits per heavy atom. The quantitative estimate of drug-likeness (QED) is 0.683. The van der Waals surface area contributed by atoms with Crippen LogP contribution in [0.5, 0.6) is 0 Å². The van der Waals surface area contributed by atoms with E-state index in [0.29, 0.717) is 0 Å². The molecule has 26 heavy (non-hydrogen) atoms. The van der Waals surface area contributed by atoms with Crippen LogP contribution in [0.3, 0.4) is 0 Å². The molecule has 2 aromatic heterocycles. The lowest BCUT2D eigenvalue weighted by Crippen LogP contribution is -2.44. The van der Waals surface area contributed by atoms with E-state index < -0.39 is 0 Å². The summed E-state index contributed by atoms with van der Waals surface area (Å²) in [5, 5.41) is 1.40. The van der Waals surface area contributed by atoms with Crippen molar-refractivity contribution in [2.45, 2.75) is 19.4 Å². The van der Waals surface area contributed by atoms with Crippen molar-refractivity contribution < 1.29 is 0 Å². The average molecular weight is 348 g/mol. The first-order valence-corrected chi connectivity index (χ1v) is 9.66. The second-order valence-electron chi connectivity index (χ2n) is 7.41. The molecule has 3 aromatic rings. The van der Waals surface area contributed by atoms with E-state index in [1.54, 1.807) is 0 Å². The second-order valence-corrected chi connectivity index (χ2v) is 7.41. The number of aryl methyl sites for hydroxylation is 1. The zero-order valence-corrected chi connectivity index (χ0v) is 15.6. The molecule has 0 unspecified atom stereocenters. The normalized spacial score (nSPS) is 16.3. The molecular formula is C22H28N4. The minimum absolute atomic E-state index is 0.882. The molecule has 0 spiro atoms. The molecule has 1 aliphatic rings. The van der Waals surface area contributed by atoms with Crippen LogP contribution in [0.1, 0.15) is 17.5 Å². The van der Waals surface area contributed by atoms with E-state index in [2.05, 4.69) is 62.9 Å². The molecule has 0 aliphatic carbocycles. The van der Waals surface area contributed by atoms with Crippen LogP contribution in [0, 0.1) is 0 Å². The van der Waals surface area contributed by atoms with Crippen LogP contribution >= 0.6 is 0 Å². The summed E-state index contributed by atoms with van der Waals surface area (Å²) in [6.45, 7) is 6.90. The molecule has 4 rings (SSSR count). The lowest BCUT2D eigenvalue weighted by atomic mass is 10.1. The van der Waals surface area contributed by atoms with Gasteiger partial charge in [0.1, 0.15) is 0 Å². The average Bonchev–Trinajstić information content (AvgIpc) is 3.02. The molecule has 0 saturated carbocycles. The Morgan fingerprint density at radius 2 is 1.85 bits per heavy atom. The number of para-hydroxylation sites is 1. The van der Waals surface area contributed by atoms with Crippen molar-refractivity contribution in [3.8, 4) is 0 Å². The number of nitrogens with zero attached hydrogens (tertiary/aromatic N) is 4. The van der Waals surface area contributed by atoms with Crippen LogP contribution in [-0.2, 0) is 13.0 Å². The largest absolute Gasteiger partial charge is 0.343 e. The summed E-state index contributed by atoms with van der Waals surface area (Å²) in [7, 11) is 2.22. The maximum Gasteiger partial charge on any atom is 0.0491 e. The molecule has 1 fully saturated rings. The van der Waals surface area contributed by atoms with Crippen molar-refractivity contribution >= 4 is 10.9 Å². The number of aromatic nitrogens is 2. The van der Waals surface area contributed by atoms with Crippen LogP contribution in [0.25, 0.3) is 10.9 Å². The van der Waals surface area contributed by atoms with Gasteiger partial charge in [0.25, 0.3) is 0 Å². The third-order valence-corrected chi connectivity index (χ3v) is 5.46. The predicted octanol–water partition coefficient (Wildman–Crippen LogP) is 3.26. The highest BCUT2D eigenvalue weighted by Gasteiger charge is 2.14. The van der Waals surface area contributed by atoms with E-state index in [1.807, 2.05) is 18.5 Å². The molecule has 3 heterocycles. The fourth-order valence-electron chi connectivity index (χ4n) is 3.91. The second kappa shape index (κ2) is 8.02. The van der Waals surface area contributed by atoms with Crippen molar-refractivity contribution in [3.63, 3.8) is 0 Å². The highest BCUT2D eigenvalue weighted by Crippen LogP contribution is 2.23.